The molecule has 0 aliphatic carbocycles. The second kappa shape index (κ2) is 5.56. The molecule has 1 atom stereocenters. The maximum Gasteiger partial charge on any atom is 0.304 e. The first-order chi connectivity index (χ1) is 9.06. The van der Waals surface area contributed by atoms with Gasteiger partial charge in [-0.3, -0.25) is 14.9 Å². The quantitative estimate of drug-likeness (QED) is 0.348. The van der Waals surface area contributed by atoms with Crippen LogP contribution in [-0.4, -0.2) is 46.5 Å². The molecule has 10 nitrogen and oxygen atoms in total. The zero-order valence-corrected chi connectivity index (χ0v) is 10.3. The molecule has 0 aromatic carbocycles. The smallest absolute Gasteiger partial charge is 0.304 e. The van der Waals surface area contributed by atoms with E-state index in [-0.39, 0.29) is 29.9 Å². The number of fused-ring (bicyclic) bond motifs is 1. The van der Waals surface area contributed by atoms with Gasteiger partial charge >= 0.3 is 5.97 Å². The van der Waals surface area contributed by atoms with Crippen LogP contribution in [0.15, 0.2) is 24.6 Å². The minimum absolute atomic E-state index is 0.0106. The number of amidine groups is 1. The first kappa shape index (κ1) is 13.1. The molecule has 0 radical (unpaired) electrons. The molecule has 0 bridgehead atoms. The molecule has 100 valence electrons. The van der Waals surface area contributed by atoms with Gasteiger partial charge in [0.05, 0.1) is 6.42 Å². The molecule has 0 spiro atoms. The van der Waals surface area contributed by atoms with Crippen LogP contribution in [0.4, 0.5) is 0 Å². The lowest BCUT2D eigenvalue weighted by Gasteiger charge is -2.13. The lowest BCUT2D eigenvalue weighted by Crippen LogP contribution is -2.49. The minimum atomic E-state index is -0.909. The number of carbonyl (C=O) groups excluding carboxylic acids is 1. The Morgan fingerprint density at radius 3 is 3.05 bits per heavy atom. The van der Waals surface area contributed by atoms with E-state index < -0.39 is 17.9 Å². The molecule has 4 N–H and O–H groups in total. The fourth-order valence-electron chi connectivity index (χ4n) is 1.26. The summed E-state index contributed by atoms with van der Waals surface area (Å²) in [6.45, 7) is 0. The molecule has 2 rings (SSSR count). The number of nitrogens with one attached hydrogen (secondary N) is 1. The SMILES string of the molecule is NC1=NC2=NC(/N=N/SCCC(=O)O)=NC2C(=O)N1. The Morgan fingerprint density at radius 2 is 2.32 bits per heavy atom. The lowest BCUT2D eigenvalue weighted by molar-refractivity contribution is -0.136. The van der Waals surface area contributed by atoms with Crippen molar-refractivity contribution in [1.29, 1.82) is 0 Å². The Kier molecular flexibility index (Phi) is 3.85. The summed E-state index contributed by atoms with van der Waals surface area (Å²) in [4.78, 5) is 33.4. The molecule has 0 saturated carbocycles. The van der Waals surface area contributed by atoms with Crippen molar-refractivity contribution in [2.45, 2.75) is 12.5 Å². The topological polar surface area (TPSA) is 154 Å². The predicted octanol–water partition coefficient (Wildman–Crippen LogP) is -0.857. The van der Waals surface area contributed by atoms with Crippen molar-refractivity contribution in [1.82, 2.24) is 5.32 Å². The molecular formula is C8H9N7O3S. The van der Waals surface area contributed by atoms with Crippen LogP contribution < -0.4 is 11.1 Å². The van der Waals surface area contributed by atoms with E-state index in [9.17, 15) is 9.59 Å². The van der Waals surface area contributed by atoms with E-state index >= 15 is 0 Å². The van der Waals surface area contributed by atoms with Gasteiger partial charge in [-0.05, 0) is 11.9 Å². The Balaban J connectivity index is 1.93. The van der Waals surface area contributed by atoms with Gasteiger partial charge < -0.3 is 10.8 Å². The number of carboxylic acids is 1. The van der Waals surface area contributed by atoms with E-state index in [2.05, 4.69) is 29.9 Å². The highest BCUT2D eigenvalue weighted by Gasteiger charge is 2.33. The van der Waals surface area contributed by atoms with E-state index in [1.54, 1.807) is 0 Å². The van der Waals surface area contributed by atoms with Crippen LogP contribution in [0, 0.1) is 0 Å². The molecule has 0 fully saturated rings. The first-order valence-electron chi connectivity index (χ1n) is 5.12. The number of guanidine groups is 2. The van der Waals surface area contributed by atoms with Crippen LogP contribution >= 0.6 is 11.9 Å². The van der Waals surface area contributed by atoms with Gasteiger partial charge in [0.1, 0.15) is 0 Å². The Hall–Kier alpha value is -2.30. The molecule has 2 aliphatic rings. The van der Waals surface area contributed by atoms with Gasteiger partial charge in [0.15, 0.2) is 11.9 Å². The summed E-state index contributed by atoms with van der Waals surface area (Å²) in [6.07, 6.45) is -0.0173. The zero-order valence-electron chi connectivity index (χ0n) is 9.48. The molecule has 0 aromatic rings. The number of carbonyl (C=O) groups is 2. The third-order valence-corrected chi connectivity index (χ3v) is 2.62. The number of nitrogens with zero attached hydrogens (tertiary/aromatic N) is 5. The van der Waals surface area contributed by atoms with Crippen molar-refractivity contribution in [3.05, 3.63) is 0 Å². The van der Waals surface area contributed by atoms with Gasteiger partial charge in [-0.25, -0.2) is 4.99 Å². The molecule has 0 aromatic heterocycles. The maximum absolute atomic E-state index is 11.5. The number of carboxylic acid groups (broad SMARTS) is 1. The standard InChI is InChI=1S/C8H9N7O3S/c9-7-11-5-4(6(18)13-7)10-8(12-5)14-15-19-2-1-3(16)17/h4H,1-2H2,(H,16,17)(H3,9,10,11,12,13,18)/b15-14+. The van der Waals surface area contributed by atoms with Crippen molar-refractivity contribution >= 4 is 41.6 Å². The van der Waals surface area contributed by atoms with Crippen molar-refractivity contribution in [2.75, 3.05) is 5.75 Å². The number of rotatable bonds is 4. The van der Waals surface area contributed by atoms with Crippen LogP contribution in [-0.2, 0) is 9.59 Å². The van der Waals surface area contributed by atoms with Gasteiger partial charge in [-0.15, -0.1) is 9.63 Å². The average Bonchev–Trinajstić information content (AvgIpc) is 2.71. The van der Waals surface area contributed by atoms with Gasteiger partial charge in [0.25, 0.3) is 11.9 Å². The Morgan fingerprint density at radius 1 is 1.53 bits per heavy atom. The number of hydrogen-bond donors (Lipinski definition) is 3. The van der Waals surface area contributed by atoms with Gasteiger partial charge in [0, 0.05) is 5.75 Å². The van der Waals surface area contributed by atoms with E-state index in [0.717, 1.165) is 11.9 Å². The van der Waals surface area contributed by atoms with E-state index in [1.807, 2.05) is 0 Å². The van der Waals surface area contributed by atoms with Crippen molar-refractivity contribution in [3.8, 4) is 0 Å². The fraction of sp³-hybridized carbons (Fsp3) is 0.375. The Labute approximate surface area is 111 Å². The van der Waals surface area contributed by atoms with Gasteiger partial charge in [0.2, 0.25) is 5.96 Å². The average molecular weight is 283 g/mol. The van der Waals surface area contributed by atoms with Crippen LogP contribution in [0.25, 0.3) is 0 Å². The highest BCUT2D eigenvalue weighted by atomic mass is 32.2. The normalized spacial score (nSPS) is 21.6. The summed E-state index contributed by atoms with van der Waals surface area (Å²) >= 11 is 0.969. The number of aliphatic carboxylic acids is 1. The van der Waals surface area contributed by atoms with Gasteiger partial charge in [-0.2, -0.15) is 9.98 Å². The number of aliphatic imine (C=N–C) groups is 3. The lowest BCUT2D eigenvalue weighted by atomic mass is 10.2. The number of hydrogen-bond acceptors (Lipinski definition) is 9. The van der Waals surface area contributed by atoms with Crippen molar-refractivity contribution < 1.29 is 14.7 Å². The number of amides is 1. The summed E-state index contributed by atoms with van der Waals surface area (Å²) < 4.78 is 3.66. The molecule has 2 aliphatic heterocycles. The Bertz CT molecular complexity index is 538. The molecule has 0 saturated heterocycles. The summed E-state index contributed by atoms with van der Waals surface area (Å²) in [5.41, 5.74) is 5.37. The van der Waals surface area contributed by atoms with Crippen molar-refractivity contribution in [3.63, 3.8) is 0 Å². The third-order valence-electron chi connectivity index (χ3n) is 2.03. The molecule has 19 heavy (non-hydrogen) atoms. The number of nitrogens with two attached hydrogens (primary N) is 1. The second-order valence-corrected chi connectivity index (χ2v) is 4.28. The van der Waals surface area contributed by atoms with Crippen LogP contribution in [0.1, 0.15) is 6.42 Å². The predicted molar refractivity (Wildman–Crippen MR) is 68.0 cm³/mol. The summed E-state index contributed by atoms with van der Waals surface area (Å²) in [7, 11) is 0. The molecule has 1 unspecified atom stereocenters. The summed E-state index contributed by atoms with van der Waals surface area (Å²) in [5, 5.41) is 14.4. The fourth-order valence-corrected chi connectivity index (χ4v) is 1.74. The largest absolute Gasteiger partial charge is 0.481 e. The third kappa shape index (κ3) is 3.34. The van der Waals surface area contributed by atoms with E-state index in [4.69, 9.17) is 10.8 Å². The monoisotopic (exact) mass is 283 g/mol. The molecular weight excluding hydrogens is 274 g/mol. The second-order valence-electron chi connectivity index (χ2n) is 3.45. The summed E-state index contributed by atoms with van der Waals surface area (Å²) in [6, 6.07) is -0.842. The van der Waals surface area contributed by atoms with Crippen LogP contribution in [0.2, 0.25) is 0 Å². The molecule has 1 amide bonds. The summed E-state index contributed by atoms with van der Waals surface area (Å²) in [5.74, 6) is -0.896. The van der Waals surface area contributed by atoms with Crippen molar-refractivity contribution in [2.24, 2.45) is 30.3 Å². The van der Waals surface area contributed by atoms with Crippen LogP contribution in [0.3, 0.4) is 0 Å². The highest BCUT2D eigenvalue weighted by Crippen LogP contribution is 2.13. The zero-order chi connectivity index (χ0) is 13.8. The minimum Gasteiger partial charge on any atom is -0.481 e. The van der Waals surface area contributed by atoms with E-state index in [0.29, 0.717) is 0 Å². The first-order valence-corrected chi connectivity index (χ1v) is 6.07. The van der Waals surface area contributed by atoms with E-state index in [1.165, 1.54) is 0 Å². The maximum atomic E-state index is 11.5. The molecule has 2 heterocycles. The molecule has 11 heteroatoms. The van der Waals surface area contributed by atoms with Crippen LogP contribution in [0.5, 0.6) is 0 Å². The van der Waals surface area contributed by atoms with Gasteiger partial charge in [-0.1, -0.05) is 0 Å². The highest BCUT2D eigenvalue weighted by molar-refractivity contribution is 7.97.